The molecule has 1 N–H and O–H groups in total. The van der Waals surface area contributed by atoms with Crippen LogP contribution in [0.2, 0.25) is 0 Å². The summed E-state index contributed by atoms with van der Waals surface area (Å²) in [6.07, 6.45) is 1.84. The number of piperidine rings is 1. The van der Waals surface area contributed by atoms with Gasteiger partial charge in [-0.05, 0) is 37.5 Å². The summed E-state index contributed by atoms with van der Waals surface area (Å²) in [6, 6.07) is 9.89. The number of carbonyl (C=O) groups is 1. The van der Waals surface area contributed by atoms with E-state index >= 15 is 0 Å². The summed E-state index contributed by atoms with van der Waals surface area (Å²) in [4.78, 5) is 19.6. The number of fused-ring (bicyclic) bond motifs is 2. The standard InChI is InChI=1S/C21H24N6O.2ClH/c1-14-12-18(23-17-5-3-2-4-16(14)17)21(28)26-9-6-15(7-10-26)20-25-24-19-13-22-8-11-27(19)20;;/h2-5,12,15,22H,6-11,13H2,1H3;2*1H. The molecule has 0 atom stereocenters. The fourth-order valence-corrected chi connectivity index (χ4v) is 4.38. The van der Waals surface area contributed by atoms with Gasteiger partial charge in [0.25, 0.3) is 5.91 Å². The number of hydrogen-bond acceptors (Lipinski definition) is 5. The van der Waals surface area contributed by atoms with Crippen LogP contribution < -0.4 is 5.32 Å². The van der Waals surface area contributed by atoms with E-state index < -0.39 is 0 Å². The highest BCUT2D eigenvalue weighted by Crippen LogP contribution is 2.29. The minimum Gasteiger partial charge on any atom is -0.337 e. The number of aromatic nitrogens is 4. The molecule has 0 bridgehead atoms. The Bertz CT molecular complexity index is 1050. The van der Waals surface area contributed by atoms with Gasteiger partial charge in [-0.15, -0.1) is 35.0 Å². The SMILES string of the molecule is Cc1cc(C(=O)N2CCC(c3nnc4n3CCNC4)CC2)nc2ccccc12.Cl.Cl. The number of hydrogen-bond donors (Lipinski definition) is 1. The van der Waals surface area contributed by atoms with E-state index in [-0.39, 0.29) is 30.7 Å². The molecule has 4 heterocycles. The molecule has 5 rings (SSSR count). The summed E-state index contributed by atoms with van der Waals surface area (Å²) in [5, 5.41) is 13.2. The first-order chi connectivity index (χ1) is 13.7. The van der Waals surface area contributed by atoms with Gasteiger partial charge in [-0.1, -0.05) is 18.2 Å². The first-order valence-electron chi connectivity index (χ1n) is 9.99. The molecule has 160 valence electrons. The number of carbonyl (C=O) groups excluding carboxylic acids is 1. The lowest BCUT2D eigenvalue weighted by molar-refractivity contribution is 0.0704. The maximum atomic E-state index is 13.0. The Morgan fingerprint density at radius 2 is 1.87 bits per heavy atom. The van der Waals surface area contributed by atoms with Crippen LogP contribution in [-0.2, 0) is 13.1 Å². The molecule has 2 aliphatic rings. The molecule has 2 aromatic heterocycles. The number of amides is 1. The highest BCUT2D eigenvalue weighted by Gasteiger charge is 2.29. The Balaban J connectivity index is 0.00000128. The molecular weight excluding hydrogens is 423 g/mol. The lowest BCUT2D eigenvalue weighted by Gasteiger charge is -2.32. The zero-order valence-corrected chi connectivity index (χ0v) is 18.5. The third-order valence-corrected chi connectivity index (χ3v) is 5.94. The van der Waals surface area contributed by atoms with E-state index in [0.29, 0.717) is 11.6 Å². The largest absolute Gasteiger partial charge is 0.337 e. The number of halogens is 2. The highest BCUT2D eigenvalue weighted by molar-refractivity contribution is 5.96. The number of aryl methyl sites for hydroxylation is 1. The second-order valence-electron chi connectivity index (χ2n) is 7.71. The predicted octanol–water partition coefficient (Wildman–Crippen LogP) is 3.10. The molecule has 0 saturated carbocycles. The molecule has 0 aliphatic carbocycles. The quantitative estimate of drug-likeness (QED) is 0.651. The number of para-hydroxylation sites is 1. The first-order valence-corrected chi connectivity index (χ1v) is 9.99. The summed E-state index contributed by atoms with van der Waals surface area (Å²) in [5.41, 5.74) is 2.51. The summed E-state index contributed by atoms with van der Waals surface area (Å²) >= 11 is 0. The van der Waals surface area contributed by atoms with Crippen LogP contribution in [0.15, 0.2) is 30.3 Å². The Hall–Kier alpha value is -2.22. The van der Waals surface area contributed by atoms with Crippen LogP contribution >= 0.6 is 24.8 Å². The maximum absolute atomic E-state index is 13.0. The van der Waals surface area contributed by atoms with E-state index in [2.05, 4.69) is 25.1 Å². The van der Waals surface area contributed by atoms with Gasteiger partial charge < -0.3 is 14.8 Å². The fraction of sp³-hybridized carbons (Fsp3) is 0.429. The van der Waals surface area contributed by atoms with E-state index in [0.717, 1.165) is 73.7 Å². The van der Waals surface area contributed by atoms with Crippen LogP contribution in [0.4, 0.5) is 0 Å². The second kappa shape index (κ2) is 9.29. The Morgan fingerprint density at radius 3 is 2.67 bits per heavy atom. The van der Waals surface area contributed by atoms with E-state index in [1.54, 1.807) is 0 Å². The Kier molecular flexibility index (Phi) is 6.95. The summed E-state index contributed by atoms with van der Waals surface area (Å²) in [7, 11) is 0. The topological polar surface area (TPSA) is 75.9 Å². The molecule has 7 nitrogen and oxygen atoms in total. The van der Waals surface area contributed by atoms with Gasteiger partial charge in [0.05, 0.1) is 12.1 Å². The van der Waals surface area contributed by atoms with Crippen LogP contribution in [0.1, 0.15) is 46.5 Å². The Labute approximate surface area is 188 Å². The van der Waals surface area contributed by atoms with Crippen molar-refractivity contribution in [2.75, 3.05) is 19.6 Å². The van der Waals surface area contributed by atoms with E-state index in [9.17, 15) is 4.79 Å². The number of nitrogens with zero attached hydrogens (tertiary/aromatic N) is 5. The number of benzene rings is 1. The highest BCUT2D eigenvalue weighted by atomic mass is 35.5. The molecule has 30 heavy (non-hydrogen) atoms. The second-order valence-corrected chi connectivity index (χ2v) is 7.71. The normalized spacial score (nSPS) is 16.5. The van der Waals surface area contributed by atoms with Gasteiger partial charge >= 0.3 is 0 Å². The lowest BCUT2D eigenvalue weighted by atomic mass is 9.95. The molecule has 1 aromatic carbocycles. The molecule has 9 heteroatoms. The van der Waals surface area contributed by atoms with Gasteiger partial charge in [0.1, 0.15) is 17.3 Å². The average Bonchev–Trinajstić information content (AvgIpc) is 3.17. The number of rotatable bonds is 2. The van der Waals surface area contributed by atoms with Gasteiger partial charge in [-0.3, -0.25) is 4.79 Å². The maximum Gasteiger partial charge on any atom is 0.272 e. The van der Waals surface area contributed by atoms with Crippen molar-refractivity contribution in [2.45, 2.75) is 38.8 Å². The van der Waals surface area contributed by atoms with Crippen molar-refractivity contribution < 1.29 is 4.79 Å². The van der Waals surface area contributed by atoms with Crippen LogP contribution in [0.3, 0.4) is 0 Å². The molecule has 3 aromatic rings. The van der Waals surface area contributed by atoms with Crippen molar-refractivity contribution in [3.8, 4) is 0 Å². The zero-order valence-electron chi connectivity index (χ0n) is 16.9. The van der Waals surface area contributed by atoms with Crippen molar-refractivity contribution >= 4 is 41.6 Å². The van der Waals surface area contributed by atoms with Gasteiger partial charge in [-0.2, -0.15) is 0 Å². The van der Waals surface area contributed by atoms with Crippen molar-refractivity contribution in [3.05, 3.63) is 53.2 Å². The molecule has 1 fully saturated rings. The summed E-state index contributed by atoms with van der Waals surface area (Å²) < 4.78 is 2.26. The zero-order chi connectivity index (χ0) is 19.1. The minimum absolute atomic E-state index is 0. The van der Waals surface area contributed by atoms with Crippen LogP contribution in [0.5, 0.6) is 0 Å². The van der Waals surface area contributed by atoms with Crippen molar-refractivity contribution in [1.29, 1.82) is 0 Å². The molecule has 1 saturated heterocycles. The van der Waals surface area contributed by atoms with Gasteiger partial charge in [0.15, 0.2) is 0 Å². The number of likely N-dealkylation sites (tertiary alicyclic amines) is 1. The fourth-order valence-electron chi connectivity index (χ4n) is 4.38. The molecule has 0 radical (unpaired) electrons. The molecule has 0 spiro atoms. The number of pyridine rings is 1. The van der Waals surface area contributed by atoms with E-state index in [4.69, 9.17) is 0 Å². The first kappa shape index (κ1) is 22.5. The molecule has 2 aliphatic heterocycles. The summed E-state index contributed by atoms with van der Waals surface area (Å²) in [5.74, 6) is 2.51. The average molecular weight is 449 g/mol. The van der Waals surface area contributed by atoms with E-state index in [1.165, 1.54) is 0 Å². The van der Waals surface area contributed by atoms with Crippen molar-refractivity contribution in [2.24, 2.45) is 0 Å². The van der Waals surface area contributed by atoms with Crippen LogP contribution in [0, 0.1) is 6.92 Å². The lowest BCUT2D eigenvalue weighted by Crippen LogP contribution is -2.39. The monoisotopic (exact) mass is 448 g/mol. The Morgan fingerprint density at radius 1 is 1.10 bits per heavy atom. The minimum atomic E-state index is 0. The molecular formula is C21H26Cl2N6O. The van der Waals surface area contributed by atoms with Gasteiger partial charge in [0, 0.05) is 37.5 Å². The van der Waals surface area contributed by atoms with Crippen LogP contribution in [0.25, 0.3) is 10.9 Å². The third kappa shape index (κ3) is 4.02. The molecule has 1 amide bonds. The van der Waals surface area contributed by atoms with Gasteiger partial charge in [-0.25, -0.2) is 4.98 Å². The van der Waals surface area contributed by atoms with Crippen LogP contribution in [-0.4, -0.2) is 50.2 Å². The molecule has 0 unspecified atom stereocenters. The van der Waals surface area contributed by atoms with Crippen molar-refractivity contribution in [3.63, 3.8) is 0 Å². The van der Waals surface area contributed by atoms with E-state index in [1.807, 2.05) is 42.2 Å². The predicted molar refractivity (Wildman–Crippen MR) is 121 cm³/mol. The smallest absolute Gasteiger partial charge is 0.272 e. The summed E-state index contributed by atoms with van der Waals surface area (Å²) in [6.45, 7) is 6.18. The third-order valence-electron chi connectivity index (χ3n) is 5.94. The number of nitrogens with one attached hydrogen (secondary N) is 1. The van der Waals surface area contributed by atoms with Crippen molar-refractivity contribution in [1.82, 2.24) is 30.0 Å². The van der Waals surface area contributed by atoms with Gasteiger partial charge in [0.2, 0.25) is 0 Å².